The molecule has 0 amide bonds. The van der Waals surface area contributed by atoms with E-state index in [-0.39, 0.29) is 11.6 Å². The van der Waals surface area contributed by atoms with E-state index in [9.17, 15) is 0 Å². The molecule has 0 aliphatic heterocycles. The second-order valence-electron chi connectivity index (χ2n) is 5.32. The third kappa shape index (κ3) is 3.56. The third-order valence-electron chi connectivity index (χ3n) is 4.45. The summed E-state index contributed by atoms with van der Waals surface area (Å²) in [5.74, 6) is 5.77. The maximum absolute atomic E-state index is 5.77. The van der Waals surface area contributed by atoms with Crippen molar-refractivity contribution in [2.75, 3.05) is 7.11 Å². The molecule has 0 spiro atoms. The Morgan fingerprint density at radius 3 is 2.26 bits per heavy atom. The molecule has 0 saturated carbocycles. The van der Waals surface area contributed by atoms with E-state index in [4.69, 9.17) is 10.6 Å². The molecule has 3 N–H and O–H groups in total. The minimum absolute atomic E-state index is 0.120. The standard InChI is InChI=1S/C16H28N2O/c1-6-16(7-2,19-5)15(18-17)11-14-9-8-12(3)13(4)10-14/h8-10,15,18H,6-7,11,17H2,1-5H3. The Bertz CT molecular complexity index is 391. The van der Waals surface area contributed by atoms with Crippen molar-refractivity contribution in [1.29, 1.82) is 0 Å². The first-order chi connectivity index (χ1) is 9.02. The van der Waals surface area contributed by atoms with Crippen molar-refractivity contribution in [3.8, 4) is 0 Å². The zero-order valence-corrected chi connectivity index (χ0v) is 12.9. The zero-order valence-electron chi connectivity index (χ0n) is 12.9. The van der Waals surface area contributed by atoms with Crippen LogP contribution in [0.1, 0.15) is 43.4 Å². The normalized spacial score (nSPS) is 13.6. The van der Waals surface area contributed by atoms with E-state index in [1.165, 1.54) is 16.7 Å². The first kappa shape index (κ1) is 16.2. The molecule has 0 aliphatic carbocycles. The SMILES string of the molecule is CCC(CC)(OC)C(Cc1ccc(C)c(C)c1)NN. The summed E-state index contributed by atoms with van der Waals surface area (Å²) in [6, 6.07) is 6.71. The highest BCUT2D eigenvalue weighted by Crippen LogP contribution is 2.26. The molecule has 0 saturated heterocycles. The van der Waals surface area contributed by atoms with Gasteiger partial charge < -0.3 is 4.74 Å². The lowest BCUT2D eigenvalue weighted by Crippen LogP contribution is -2.55. The van der Waals surface area contributed by atoms with Gasteiger partial charge in [0.25, 0.3) is 0 Å². The van der Waals surface area contributed by atoms with E-state index >= 15 is 0 Å². The number of hydrazine groups is 1. The molecule has 1 aromatic carbocycles. The summed E-state index contributed by atoms with van der Waals surface area (Å²) in [5.41, 5.74) is 6.70. The summed E-state index contributed by atoms with van der Waals surface area (Å²) in [7, 11) is 1.78. The first-order valence-electron chi connectivity index (χ1n) is 7.10. The minimum atomic E-state index is -0.201. The van der Waals surface area contributed by atoms with Crippen LogP contribution in [0.3, 0.4) is 0 Å². The van der Waals surface area contributed by atoms with E-state index in [1.807, 2.05) is 0 Å². The summed E-state index contributed by atoms with van der Waals surface area (Å²) in [4.78, 5) is 0. The summed E-state index contributed by atoms with van der Waals surface area (Å²) in [5, 5.41) is 0. The molecule has 0 aliphatic rings. The lowest BCUT2D eigenvalue weighted by molar-refractivity contribution is -0.0473. The molecule has 1 unspecified atom stereocenters. The number of aryl methyl sites for hydroxylation is 2. The number of rotatable bonds is 7. The highest BCUT2D eigenvalue weighted by atomic mass is 16.5. The van der Waals surface area contributed by atoms with Crippen LogP contribution in [0.5, 0.6) is 0 Å². The molecule has 0 fully saturated rings. The highest BCUT2D eigenvalue weighted by molar-refractivity contribution is 5.30. The largest absolute Gasteiger partial charge is 0.377 e. The van der Waals surface area contributed by atoms with Gasteiger partial charge in [-0.15, -0.1) is 0 Å². The van der Waals surface area contributed by atoms with E-state index in [2.05, 4.69) is 51.3 Å². The highest BCUT2D eigenvalue weighted by Gasteiger charge is 2.35. The van der Waals surface area contributed by atoms with Gasteiger partial charge in [0.2, 0.25) is 0 Å². The lowest BCUT2D eigenvalue weighted by atomic mass is 9.84. The number of nitrogens with one attached hydrogen (secondary N) is 1. The summed E-state index contributed by atoms with van der Waals surface area (Å²) in [6.45, 7) is 8.58. The van der Waals surface area contributed by atoms with Crippen molar-refractivity contribution in [3.63, 3.8) is 0 Å². The maximum atomic E-state index is 5.77. The second kappa shape index (κ2) is 7.04. The molecule has 19 heavy (non-hydrogen) atoms. The van der Waals surface area contributed by atoms with Gasteiger partial charge in [0.05, 0.1) is 11.6 Å². The van der Waals surface area contributed by atoms with Gasteiger partial charge >= 0.3 is 0 Å². The predicted molar refractivity (Wildman–Crippen MR) is 81.1 cm³/mol. The minimum Gasteiger partial charge on any atom is -0.377 e. The van der Waals surface area contributed by atoms with Crippen LogP contribution in [0.25, 0.3) is 0 Å². The van der Waals surface area contributed by atoms with Crippen molar-refractivity contribution in [1.82, 2.24) is 5.43 Å². The summed E-state index contributed by atoms with van der Waals surface area (Å²) in [6.07, 6.45) is 2.77. The molecule has 3 heteroatoms. The van der Waals surface area contributed by atoms with Crippen molar-refractivity contribution in [3.05, 3.63) is 34.9 Å². The van der Waals surface area contributed by atoms with Gasteiger partial charge in [-0.1, -0.05) is 32.0 Å². The van der Waals surface area contributed by atoms with Gasteiger partial charge in [-0.05, 0) is 49.8 Å². The van der Waals surface area contributed by atoms with Crippen LogP contribution in [-0.4, -0.2) is 18.8 Å². The third-order valence-corrected chi connectivity index (χ3v) is 4.45. The molecular weight excluding hydrogens is 236 g/mol. The van der Waals surface area contributed by atoms with Gasteiger partial charge in [-0.2, -0.15) is 0 Å². The van der Waals surface area contributed by atoms with E-state index in [0.717, 1.165) is 19.3 Å². The van der Waals surface area contributed by atoms with E-state index in [0.29, 0.717) is 0 Å². The van der Waals surface area contributed by atoms with E-state index in [1.54, 1.807) is 7.11 Å². The van der Waals surface area contributed by atoms with Crippen LogP contribution in [-0.2, 0) is 11.2 Å². The van der Waals surface area contributed by atoms with Gasteiger partial charge in [0, 0.05) is 7.11 Å². The topological polar surface area (TPSA) is 47.3 Å². The fraction of sp³-hybridized carbons (Fsp3) is 0.625. The monoisotopic (exact) mass is 264 g/mol. The van der Waals surface area contributed by atoms with Crippen LogP contribution >= 0.6 is 0 Å². The number of benzene rings is 1. The Balaban J connectivity index is 2.95. The van der Waals surface area contributed by atoms with Gasteiger partial charge in [0.15, 0.2) is 0 Å². The molecule has 108 valence electrons. The van der Waals surface area contributed by atoms with Gasteiger partial charge in [-0.3, -0.25) is 11.3 Å². The molecule has 0 bridgehead atoms. The van der Waals surface area contributed by atoms with Crippen LogP contribution in [0.4, 0.5) is 0 Å². The number of ether oxygens (including phenoxy) is 1. The van der Waals surface area contributed by atoms with Gasteiger partial charge in [0.1, 0.15) is 0 Å². The van der Waals surface area contributed by atoms with Crippen LogP contribution < -0.4 is 11.3 Å². The molecule has 1 rings (SSSR count). The summed E-state index contributed by atoms with van der Waals surface area (Å²) >= 11 is 0. The van der Waals surface area contributed by atoms with Crippen molar-refractivity contribution in [2.24, 2.45) is 5.84 Å². The molecule has 1 atom stereocenters. The number of methoxy groups -OCH3 is 1. The van der Waals surface area contributed by atoms with Crippen LogP contribution in [0.15, 0.2) is 18.2 Å². The Hall–Kier alpha value is -0.900. The Kier molecular flexibility index (Phi) is 5.98. The Morgan fingerprint density at radius 2 is 1.84 bits per heavy atom. The molecule has 1 aromatic rings. The van der Waals surface area contributed by atoms with E-state index < -0.39 is 0 Å². The number of hydrogen-bond acceptors (Lipinski definition) is 3. The van der Waals surface area contributed by atoms with Crippen LogP contribution in [0, 0.1) is 13.8 Å². The average Bonchev–Trinajstić information content (AvgIpc) is 2.43. The zero-order chi connectivity index (χ0) is 14.5. The van der Waals surface area contributed by atoms with Crippen molar-refractivity contribution < 1.29 is 4.74 Å². The Labute approximate surface area is 117 Å². The smallest absolute Gasteiger partial charge is 0.0842 e. The fourth-order valence-electron chi connectivity index (χ4n) is 2.74. The van der Waals surface area contributed by atoms with Crippen LogP contribution in [0.2, 0.25) is 0 Å². The second-order valence-corrected chi connectivity index (χ2v) is 5.32. The first-order valence-corrected chi connectivity index (χ1v) is 7.10. The molecule has 0 radical (unpaired) electrons. The lowest BCUT2D eigenvalue weighted by Gasteiger charge is -2.38. The quantitative estimate of drug-likeness (QED) is 0.588. The predicted octanol–water partition coefficient (Wildman–Crippen LogP) is 2.88. The number of hydrogen-bond donors (Lipinski definition) is 2. The molecule has 0 aromatic heterocycles. The van der Waals surface area contributed by atoms with Crippen molar-refractivity contribution in [2.45, 2.75) is 58.6 Å². The molecular formula is C16H28N2O. The molecule has 3 nitrogen and oxygen atoms in total. The summed E-state index contributed by atoms with van der Waals surface area (Å²) < 4.78 is 5.77. The molecule has 0 heterocycles. The number of nitrogens with two attached hydrogens (primary N) is 1. The van der Waals surface area contributed by atoms with Crippen molar-refractivity contribution >= 4 is 0 Å². The van der Waals surface area contributed by atoms with Gasteiger partial charge in [-0.25, -0.2) is 0 Å². The maximum Gasteiger partial charge on any atom is 0.0842 e. The fourth-order valence-corrected chi connectivity index (χ4v) is 2.74. The average molecular weight is 264 g/mol. The Morgan fingerprint density at radius 1 is 1.21 bits per heavy atom.